The largest absolute Gasteiger partial charge is 0.493 e. The van der Waals surface area contributed by atoms with Crippen molar-refractivity contribution in [2.45, 2.75) is 32.4 Å². The first-order valence-electron chi connectivity index (χ1n) is 7.02. The van der Waals surface area contributed by atoms with Gasteiger partial charge in [-0.25, -0.2) is 4.99 Å². The molecular weight excluding hydrogens is 381 g/mol. The van der Waals surface area contributed by atoms with Gasteiger partial charge in [0.2, 0.25) is 0 Å². The fourth-order valence-electron chi connectivity index (χ4n) is 1.89. The van der Waals surface area contributed by atoms with Crippen molar-refractivity contribution in [2.24, 2.45) is 4.99 Å². The highest BCUT2D eigenvalue weighted by molar-refractivity contribution is 14.0. The van der Waals surface area contributed by atoms with Crippen LogP contribution in [0, 0.1) is 0 Å². The van der Waals surface area contributed by atoms with Gasteiger partial charge in [0.05, 0.1) is 20.8 Å². The molecule has 0 aliphatic heterocycles. The highest BCUT2D eigenvalue weighted by Crippen LogP contribution is 2.27. The van der Waals surface area contributed by atoms with Crippen LogP contribution in [0.4, 0.5) is 0 Å². The fourth-order valence-corrected chi connectivity index (χ4v) is 1.89. The molecule has 2 rings (SSSR count). The molecule has 0 saturated heterocycles. The van der Waals surface area contributed by atoms with E-state index < -0.39 is 0 Å². The van der Waals surface area contributed by atoms with Crippen LogP contribution in [0.2, 0.25) is 0 Å². The molecule has 0 bridgehead atoms. The molecule has 6 heteroatoms. The number of benzene rings is 1. The summed E-state index contributed by atoms with van der Waals surface area (Å²) in [6.45, 7) is 3.55. The zero-order valence-corrected chi connectivity index (χ0v) is 15.1. The summed E-state index contributed by atoms with van der Waals surface area (Å²) in [5.41, 5.74) is 1.09. The number of nitrogens with one attached hydrogen (secondary N) is 2. The predicted octanol–water partition coefficient (Wildman–Crippen LogP) is 2.54. The third kappa shape index (κ3) is 5.61. The minimum absolute atomic E-state index is 0. The van der Waals surface area contributed by atoms with Crippen LogP contribution in [0.25, 0.3) is 0 Å². The highest BCUT2D eigenvalue weighted by atomic mass is 127. The number of rotatable bonds is 6. The van der Waals surface area contributed by atoms with Crippen LogP contribution in [-0.2, 0) is 6.54 Å². The molecule has 0 heterocycles. The van der Waals surface area contributed by atoms with Crippen LogP contribution in [0.3, 0.4) is 0 Å². The molecule has 1 aromatic carbocycles. The molecule has 1 aromatic rings. The first-order chi connectivity index (χ1) is 9.76. The quantitative estimate of drug-likeness (QED) is 0.434. The molecule has 0 aromatic heterocycles. The van der Waals surface area contributed by atoms with Crippen LogP contribution in [0.1, 0.15) is 25.3 Å². The van der Waals surface area contributed by atoms with Crippen LogP contribution < -0.4 is 20.1 Å². The number of aliphatic imine (C=N–C) groups is 1. The Morgan fingerprint density at radius 2 is 1.95 bits per heavy atom. The van der Waals surface area contributed by atoms with Crippen molar-refractivity contribution in [2.75, 3.05) is 20.8 Å². The number of halogens is 1. The number of methoxy groups -OCH3 is 2. The molecule has 21 heavy (non-hydrogen) atoms. The van der Waals surface area contributed by atoms with Crippen LogP contribution >= 0.6 is 24.0 Å². The number of nitrogens with zero attached hydrogens (tertiary/aromatic N) is 1. The average Bonchev–Trinajstić information content (AvgIpc) is 3.28. The number of hydrogen-bond donors (Lipinski definition) is 2. The zero-order valence-electron chi connectivity index (χ0n) is 12.8. The molecule has 1 aliphatic rings. The predicted molar refractivity (Wildman–Crippen MR) is 95.9 cm³/mol. The minimum Gasteiger partial charge on any atom is -0.493 e. The molecule has 1 fully saturated rings. The number of guanidine groups is 1. The molecule has 0 spiro atoms. The summed E-state index contributed by atoms with van der Waals surface area (Å²) in [6.07, 6.45) is 2.47. The van der Waals surface area contributed by atoms with E-state index in [-0.39, 0.29) is 24.0 Å². The van der Waals surface area contributed by atoms with Gasteiger partial charge in [-0.1, -0.05) is 6.07 Å². The summed E-state index contributed by atoms with van der Waals surface area (Å²) < 4.78 is 10.5. The van der Waals surface area contributed by atoms with Crippen molar-refractivity contribution >= 4 is 29.9 Å². The second-order valence-electron chi connectivity index (χ2n) is 4.80. The van der Waals surface area contributed by atoms with Crippen molar-refractivity contribution in [1.29, 1.82) is 0 Å². The topological polar surface area (TPSA) is 54.9 Å². The lowest BCUT2D eigenvalue weighted by atomic mass is 10.2. The molecule has 0 radical (unpaired) electrons. The van der Waals surface area contributed by atoms with E-state index in [1.807, 2.05) is 18.2 Å². The van der Waals surface area contributed by atoms with E-state index in [1.54, 1.807) is 14.2 Å². The zero-order chi connectivity index (χ0) is 14.4. The van der Waals surface area contributed by atoms with E-state index in [0.717, 1.165) is 29.6 Å². The van der Waals surface area contributed by atoms with Gasteiger partial charge in [-0.2, -0.15) is 0 Å². The van der Waals surface area contributed by atoms with E-state index in [2.05, 4.69) is 22.5 Å². The van der Waals surface area contributed by atoms with Gasteiger partial charge in [-0.15, -0.1) is 24.0 Å². The first-order valence-corrected chi connectivity index (χ1v) is 7.02. The summed E-state index contributed by atoms with van der Waals surface area (Å²) in [6, 6.07) is 6.47. The Hall–Kier alpha value is -1.18. The third-order valence-corrected chi connectivity index (χ3v) is 3.13. The lowest BCUT2D eigenvalue weighted by Gasteiger charge is -2.11. The standard InChI is InChI=1S/C15H23N3O2.HI/c1-4-16-15(18-12-6-7-12)17-10-11-5-8-13(19-2)14(9-11)20-3;/h5,8-9,12H,4,6-7,10H2,1-3H3,(H2,16,17,18);1H. The Kier molecular flexibility index (Phi) is 7.63. The van der Waals surface area contributed by atoms with Gasteiger partial charge in [0.15, 0.2) is 17.5 Å². The second-order valence-corrected chi connectivity index (χ2v) is 4.80. The average molecular weight is 405 g/mol. The lowest BCUT2D eigenvalue weighted by molar-refractivity contribution is 0.354. The van der Waals surface area contributed by atoms with E-state index in [0.29, 0.717) is 12.6 Å². The molecular formula is C15H24IN3O2. The van der Waals surface area contributed by atoms with E-state index >= 15 is 0 Å². The summed E-state index contributed by atoms with van der Waals surface area (Å²) in [5.74, 6) is 2.35. The smallest absolute Gasteiger partial charge is 0.191 e. The highest BCUT2D eigenvalue weighted by Gasteiger charge is 2.22. The summed E-state index contributed by atoms with van der Waals surface area (Å²) in [5, 5.41) is 6.65. The van der Waals surface area contributed by atoms with Crippen LogP contribution in [0.15, 0.2) is 23.2 Å². The summed E-state index contributed by atoms with van der Waals surface area (Å²) in [4.78, 5) is 4.59. The molecule has 5 nitrogen and oxygen atoms in total. The molecule has 0 amide bonds. The van der Waals surface area contributed by atoms with Crippen molar-refractivity contribution in [3.8, 4) is 11.5 Å². The Bertz CT molecular complexity index is 476. The van der Waals surface area contributed by atoms with Gasteiger partial charge < -0.3 is 20.1 Å². The Balaban J connectivity index is 0.00000220. The maximum Gasteiger partial charge on any atom is 0.191 e. The van der Waals surface area contributed by atoms with Gasteiger partial charge in [0, 0.05) is 12.6 Å². The van der Waals surface area contributed by atoms with Gasteiger partial charge in [0.25, 0.3) is 0 Å². The Labute approximate surface area is 143 Å². The molecule has 0 unspecified atom stereocenters. The molecule has 2 N–H and O–H groups in total. The van der Waals surface area contributed by atoms with Crippen LogP contribution in [0.5, 0.6) is 11.5 Å². The Morgan fingerprint density at radius 3 is 2.52 bits per heavy atom. The maximum atomic E-state index is 5.30. The first kappa shape index (κ1) is 17.9. The number of ether oxygens (including phenoxy) is 2. The van der Waals surface area contributed by atoms with Crippen molar-refractivity contribution in [3.05, 3.63) is 23.8 Å². The van der Waals surface area contributed by atoms with Gasteiger partial charge in [0.1, 0.15) is 0 Å². The minimum atomic E-state index is 0. The molecule has 1 saturated carbocycles. The van der Waals surface area contributed by atoms with E-state index in [1.165, 1.54) is 12.8 Å². The molecule has 118 valence electrons. The summed E-state index contributed by atoms with van der Waals surface area (Å²) in [7, 11) is 3.28. The summed E-state index contributed by atoms with van der Waals surface area (Å²) >= 11 is 0. The van der Waals surface area contributed by atoms with E-state index in [4.69, 9.17) is 9.47 Å². The SMILES string of the molecule is CCNC(=NCc1ccc(OC)c(OC)c1)NC1CC1.I. The third-order valence-electron chi connectivity index (χ3n) is 3.13. The fraction of sp³-hybridized carbons (Fsp3) is 0.533. The van der Waals surface area contributed by atoms with Crippen molar-refractivity contribution in [1.82, 2.24) is 10.6 Å². The second kappa shape index (κ2) is 8.96. The normalized spacial score (nSPS) is 14.1. The Morgan fingerprint density at radius 1 is 1.24 bits per heavy atom. The van der Waals surface area contributed by atoms with Crippen LogP contribution in [-0.4, -0.2) is 32.8 Å². The molecule has 0 atom stereocenters. The maximum absolute atomic E-state index is 5.30. The van der Waals surface area contributed by atoms with Gasteiger partial charge in [-0.3, -0.25) is 0 Å². The number of hydrogen-bond acceptors (Lipinski definition) is 3. The van der Waals surface area contributed by atoms with E-state index in [9.17, 15) is 0 Å². The van der Waals surface area contributed by atoms with Crippen molar-refractivity contribution < 1.29 is 9.47 Å². The molecule has 1 aliphatic carbocycles. The van der Waals surface area contributed by atoms with Crippen molar-refractivity contribution in [3.63, 3.8) is 0 Å². The van der Waals surface area contributed by atoms with Gasteiger partial charge >= 0.3 is 0 Å². The van der Waals surface area contributed by atoms with Gasteiger partial charge in [-0.05, 0) is 37.5 Å². The monoisotopic (exact) mass is 405 g/mol. The lowest BCUT2D eigenvalue weighted by Crippen LogP contribution is -2.38.